The highest BCUT2D eigenvalue weighted by Crippen LogP contribution is 2.27. The van der Waals surface area contributed by atoms with Gasteiger partial charge in [-0.25, -0.2) is 15.0 Å². The highest BCUT2D eigenvalue weighted by Gasteiger charge is 2.30. The van der Waals surface area contributed by atoms with E-state index in [0.717, 1.165) is 17.1 Å². The second-order valence-corrected chi connectivity index (χ2v) is 5.78. The topological polar surface area (TPSA) is 67.8 Å². The van der Waals surface area contributed by atoms with Crippen molar-refractivity contribution in [3.63, 3.8) is 0 Å². The Morgan fingerprint density at radius 2 is 2.15 bits per heavy atom. The summed E-state index contributed by atoms with van der Waals surface area (Å²) in [7, 11) is 0. The molecule has 106 valence electrons. The van der Waals surface area contributed by atoms with Crippen LogP contribution in [0.15, 0.2) is 17.6 Å². The van der Waals surface area contributed by atoms with Gasteiger partial charge in [0.15, 0.2) is 0 Å². The van der Waals surface area contributed by atoms with E-state index in [0.29, 0.717) is 11.5 Å². The lowest BCUT2D eigenvalue weighted by atomic mass is 9.99. The van der Waals surface area contributed by atoms with Gasteiger partial charge >= 0.3 is 0 Å². The number of nitrogens with zero attached hydrogens (tertiary/aromatic N) is 3. The van der Waals surface area contributed by atoms with Gasteiger partial charge in [-0.15, -0.1) is 11.3 Å². The number of aryl methyl sites for hydroxylation is 2. The van der Waals surface area contributed by atoms with E-state index in [4.69, 9.17) is 0 Å². The van der Waals surface area contributed by atoms with Gasteiger partial charge in [0.1, 0.15) is 16.5 Å². The van der Waals surface area contributed by atoms with Crippen LogP contribution < -0.4 is 5.32 Å². The van der Waals surface area contributed by atoms with Crippen molar-refractivity contribution in [3.8, 4) is 0 Å². The molecule has 0 fully saturated rings. The highest BCUT2D eigenvalue weighted by atomic mass is 32.1. The van der Waals surface area contributed by atoms with Crippen LogP contribution in [0.4, 0.5) is 0 Å². The molecule has 0 saturated carbocycles. The molecule has 0 aliphatic heterocycles. The maximum Gasteiger partial charge on any atom is 0.270 e. The summed E-state index contributed by atoms with van der Waals surface area (Å²) >= 11 is 1.56. The fraction of sp³-hybridized carbons (Fsp3) is 0.429. The van der Waals surface area contributed by atoms with Crippen molar-refractivity contribution in [3.05, 3.63) is 39.9 Å². The summed E-state index contributed by atoms with van der Waals surface area (Å²) in [6.07, 6.45) is 2.35. The molecule has 6 heteroatoms. The first-order chi connectivity index (χ1) is 9.44. The van der Waals surface area contributed by atoms with Crippen LogP contribution in [-0.4, -0.2) is 20.9 Å². The first-order valence-corrected chi connectivity index (χ1v) is 7.37. The molecule has 0 aromatic carbocycles. The molecule has 1 unspecified atom stereocenters. The van der Waals surface area contributed by atoms with E-state index in [-0.39, 0.29) is 5.91 Å². The van der Waals surface area contributed by atoms with Gasteiger partial charge in [0, 0.05) is 17.3 Å². The average Bonchev–Trinajstić information content (AvgIpc) is 2.86. The Labute approximate surface area is 122 Å². The molecule has 1 N–H and O–H groups in total. The SMILES string of the molecule is CCC(C)(NC(=O)c1ccnc(C)n1)c1nc(C)cs1. The molecule has 5 nitrogen and oxygen atoms in total. The van der Waals surface area contributed by atoms with E-state index in [2.05, 4.69) is 20.3 Å². The van der Waals surface area contributed by atoms with Crippen LogP contribution in [0.3, 0.4) is 0 Å². The zero-order chi connectivity index (χ0) is 14.8. The first-order valence-electron chi connectivity index (χ1n) is 6.49. The molecule has 2 aromatic rings. The minimum Gasteiger partial charge on any atom is -0.339 e. The molecule has 0 spiro atoms. The molecule has 0 saturated heterocycles. The normalized spacial score (nSPS) is 13.8. The van der Waals surface area contributed by atoms with E-state index in [9.17, 15) is 4.79 Å². The zero-order valence-corrected chi connectivity index (χ0v) is 12.9. The number of aromatic nitrogens is 3. The molecule has 2 aromatic heterocycles. The van der Waals surface area contributed by atoms with E-state index < -0.39 is 5.54 Å². The van der Waals surface area contributed by atoms with Crippen molar-refractivity contribution in [2.75, 3.05) is 0 Å². The second-order valence-electron chi connectivity index (χ2n) is 4.92. The highest BCUT2D eigenvalue weighted by molar-refractivity contribution is 7.09. The lowest BCUT2D eigenvalue weighted by Gasteiger charge is -2.27. The Bertz CT molecular complexity index is 625. The number of carbonyl (C=O) groups excluding carboxylic acids is 1. The number of carbonyl (C=O) groups is 1. The van der Waals surface area contributed by atoms with Crippen molar-refractivity contribution in [2.45, 2.75) is 39.7 Å². The predicted octanol–water partition coefficient (Wildman–Crippen LogP) is 2.61. The molecule has 0 radical (unpaired) electrons. The van der Waals surface area contributed by atoms with Crippen molar-refractivity contribution in [1.82, 2.24) is 20.3 Å². The minimum atomic E-state index is -0.477. The molecule has 0 aliphatic rings. The number of hydrogen-bond acceptors (Lipinski definition) is 5. The van der Waals surface area contributed by atoms with Gasteiger partial charge in [0.25, 0.3) is 5.91 Å². The van der Waals surface area contributed by atoms with Gasteiger partial charge in [-0.2, -0.15) is 0 Å². The summed E-state index contributed by atoms with van der Waals surface area (Å²) < 4.78 is 0. The van der Waals surface area contributed by atoms with E-state index >= 15 is 0 Å². The molecule has 1 atom stereocenters. The Morgan fingerprint density at radius 1 is 1.40 bits per heavy atom. The van der Waals surface area contributed by atoms with E-state index in [1.165, 1.54) is 0 Å². The van der Waals surface area contributed by atoms with Crippen molar-refractivity contribution < 1.29 is 4.79 Å². The van der Waals surface area contributed by atoms with Gasteiger partial charge in [0.2, 0.25) is 0 Å². The van der Waals surface area contributed by atoms with Gasteiger partial charge in [-0.3, -0.25) is 4.79 Å². The third-order valence-corrected chi connectivity index (χ3v) is 4.42. The fourth-order valence-corrected chi connectivity index (χ4v) is 2.78. The van der Waals surface area contributed by atoms with Crippen LogP contribution in [0.1, 0.15) is 47.3 Å². The summed E-state index contributed by atoms with van der Waals surface area (Å²) in [5.74, 6) is 0.383. The Morgan fingerprint density at radius 3 is 2.70 bits per heavy atom. The summed E-state index contributed by atoms with van der Waals surface area (Å²) in [6, 6.07) is 1.62. The predicted molar refractivity (Wildman–Crippen MR) is 78.7 cm³/mol. The number of hydrogen-bond donors (Lipinski definition) is 1. The van der Waals surface area contributed by atoms with Crippen molar-refractivity contribution >= 4 is 17.2 Å². The number of thiazole rings is 1. The molecule has 2 rings (SSSR count). The zero-order valence-electron chi connectivity index (χ0n) is 12.1. The molecule has 2 heterocycles. The molecule has 0 bridgehead atoms. The minimum absolute atomic E-state index is 0.201. The molecular formula is C14H18N4OS. The summed E-state index contributed by atoms with van der Waals surface area (Å²) in [6.45, 7) is 7.73. The largest absolute Gasteiger partial charge is 0.339 e. The molecular weight excluding hydrogens is 272 g/mol. The quantitative estimate of drug-likeness (QED) is 0.940. The van der Waals surface area contributed by atoms with Gasteiger partial charge in [-0.05, 0) is 33.3 Å². The monoisotopic (exact) mass is 290 g/mol. The smallest absolute Gasteiger partial charge is 0.270 e. The maximum absolute atomic E-state index is 12.3. The Hall–Kier alpha value is -1.82. The molecule has 20 heavy (non-hydrogen) atoms. The van der Waals surface area contributed by atoms with Crippen LogP contribution in [-0.2, 0) is 5.54 Å². The second kappa shape index (κ2) is 5.66. The van der Waals surface area contributed by atoms with Crippen LogP contribution in [0.5, 0.6) is 0 Å². The lowest BCUT2D eigenvalue weighted by Crippen LogP contribution is -2.43. The first kappa shape index (κ1) is 14.6. The molecule has 1 amide bonds. The number of amides is 1. The third-order valence-electron chi connectivity index (χ3n) is 3.20. The summed E-state index contributed by atoms with van der Waals surface area (Å²) in [4.78, 5) is 25.0. The standard InChI is InChI=1S/C14H18N4OS/c1-5-14(4,13-16-9(2)8-20-13)18-12(19)11-6-7-15-10(3)17-11/h6-8H,5H2,1-4H3,(H,18,19). The Kier molecular flexibility index (Phi) is 4.13. The average molecular weight is 290 g/mol. The lowest BCUT2D eigenvalue weighted by molar-refractivity contribution is 0.0896. The third kappa shape index (κ3) is 3.01. The van der Waals surface area contributed by atoms with Crippen molar-refractivity contribution in [2.24, 2.45) is 0 Å². The Balaban J connectivity index is 2.24. The number of nitrogens with one attached hydrogen (secondary N) is 1. The fourth-order valence-electron chi connectivity index (χ4n) is 1.80. The van der Waals surface area contributed by atoms with Crippen LogP contribution in [0, 0.1) is 13.8 Å². The maximum atomic E-state index is 12.3. The number of rotatable bonds is 4. The molecule has 0 aliphatic carbocycles. The summed E-state index contributed by atoms with van der Waals surface area (Å²) in [5, 5.41) is 5.94. The van der Waals surface area contributed by atoms with Crippen LogP contribution in [0.25, 0.3) is 0 Å². The summed E-state index contributed by atoms with van der Waals surface area (Å²) in [5.41, 5.74) is 0.872. The van der Waals surface area contributed by atoms with Crippen LogP contribution >= 0.6 is 11.3 Å². The van der Waals surface area contributed by atoms with Crippen LogP contribution in [0.2, 0.25) is 0 Å². The van der Waals surface area contributed by atoms with Gasteiger partial charge < -0.3 is 5.32 Å². The van der Waals surface area contributed by atoms with Gasteiger partial charge in [-0.1, -0.05) is 6.92 Å². The van der Waals surface area contributed by atoms with Crippen molar-refractivity contribution in [1.29, 1.82) is 0 Å². The van der Waals surface area contributed by atoms with E-state index in [1.54, 1.807) is 30.5 Å². The van der Waals surface area contributed by atoms with Gasteiger partial charge in [0.05, 0.1) is 5.54 Å². The van der Waals surface area contributed by atoms with E-state index in [1.807, 2.05) is 26.2 Å².